The average molecular weight is 268 g/mol. The van der Waals surface area contributed by atoms with Crippen molar-refractivity contribution in [2.45, 2.75) is 26.7 Å². The van der Waals surface area contributed by atoms with Crippen LogP contribution in [-0.4, -0.2) is 5.91 Å². The molecule has 2 aromatic carbocycles. The lowest BCUT2D eigenvalue weighted by Crippen LogP contribution is -2.15. The summed E-state index contributed by atoms with van der Waals surface area (Å²) in [5, 5.41) is 2.99. The third-order valence-electron chi connectivity index (χ3n) is 3.33. The van der Waals surface area contributed by atoms with Crippen LogP contribution in [0.3, 0.4) is 0 Å². The second-order valence-electron chi connectivity index (χ2n) is 5.27. The third kappa shape index (κ3) is 2.99. The van der Waals surface area contributed by atoms with Crippen molar-refractivity contribution >= 4 is 17.3 Å². The summed E-state index contributed by atoms with van der Waals surface area (Å²) in [5.74, 6) is 0.259. The van der Waals surface area contributed by atoms with Gasteiger partial charge >= 0.3 is 0 Å². The maximum Gasteiger partial charge on any atom is 0.255 e. The highest BCUT2D eigenvalue weighted by atomic mass is 16.1. The number of hydrogen-bond acceptors (Lipinski definition) is 2. The third-order valence-corrected chi connectivity index (χ3v) is 3.33. The molecule has 0 aliphatic heterocycles. The van der Waals surface area contributed by atoms with Gasteiger partial charge < -0.3 is 11.1 Å². The Hall–Kier alpha value is -2.29. The lowest BCUT2D eigenvalue weighted by molar-refractivity contribution is 0.102. The Balaban J connectivity index is 2.28. The minimum atomic E-state index is -0.101. The van der Waals surface area contributed by atoms with Crippen molar-refractivity contribution in [1.82, 2.24) is 0 Å². The van der Waals surface area contributed by atoms with E-state index >= 15 is 0 Å². The van der Waals surface area contributed by atoms with E-state index < -0.39 is 0 Å². The van der Waals surface area contributed by atoms with Crippen molar-refractivity contribution in [2.24, 2.45) is 0 Å². The fraction of sp³-hybridized carbons (Fsp3) is 0.235. The molecule has 1 amide bonds. The number of para-hydroxylation sites is 1. The Kier molecular flexibility index (Phi) is 4.08. The molecular formula is C17H20N2O. The van der Waals surface area contributed by atoms with Gasteiger partial charge in [0.25, 0.3) is 5.91 Å². The number of aryl methyl sites for hydroxylation is 1. The van der Waals surface area contributed by atoms with Crippen molar-refractivity contribution < 1.29 is 4.79 Å². The minimum Gasteiger partial charge on any atom is -0.399 e. The molecule has 0 saturated carbocycles. The van der Waals surface area contributed by atoms with Crippen molar-refractivity contribution in [1.29, 1.82) is 0 Å². The van der Waals surface area contributed by atoms with Crippen LogP contribution in [0, 0.1) is 6.92 Å². The summed E-state index contributed by atoms with van der Waals surface area (Å²) < 4.78 is 0. The van der Waals surface area contributed by atoms with Gasteiger partial charge in [0.1, 0.15) is 0 Å². The molecule has 3 nitrogen and oxygen atoms in total. The molecule has 0 atom stereocenters. The van der Waals surface area contributed by atoms with Gasteiger partial charge in [-0.15, -0.1) is 0 Å². The molecule has 0 aliphatic carbocycles. The second kappa shape index (κ2) is 5.78. The average Bonchev–Trinajstić information content (AvgIpc) is 2.38. The van der Waals surface area contributed by atoms with Crippen LogP contribution in [0.25, 0.3) is 0 Å². The SMILES string of the molecule is Cc1cc(N)ccc1C(=O)Nc1ccccc1C(C)C. The zero-order chi connectivity index (χ0) is 14.7. The largest absolute Gasteiger partial charge is 0.399 e. The zero-order valence-corrected chi connectivity index (χ0v) is 12.1. The van der Waals surface area contributed by atoms with Gasteiger partial charge in [0.15, 0.2) is 0 Å². The van der Waals surface area contributed by atoms with E-state index in [4.69, 9.17) is 5.73 Å². The van der Waals surface area contributed by atoms with Crippen LogP contribution in [0.2, 0.25) is 0 Å². The van der Waals surface area contributed by atoms with Crippen LogP contribution >= 0.6 is 0 Å². The van der Waals surface area contributed by atoms with E-state index in [1.165, 1.54) is 0 Å². The highest BCUT2D eigenvalue weighted by Gasteiger charge is 2.12. The van der Waals surface area contributed by atoms with Gasteiger partial charge in [0.2, 0.25) is 0 Å². The molecule has 0 spiro atoms. The number of hydrogen-bond donors (Lipinski definition) is 2. The van der Waals surface area contributed by atoms with E-state index in [2.05, 4.69) is 19.2 Å². The summed E-state index contributed by atoms with van der Waals surface area (Å²) in [4.78, 5) is 12.4. The maximum absolute atomic E-state index is 12.4. The van der Waals surface area contributed by atoms with Gasteiger partial charge in [-0.3, -0.25) is 4.79 Å². The molecule has 0 unspecified atom stereocenters. The molecule has 0 heterocycles. The molecule has 20 heavy (non-hydrogen) atoms. The molecule has 0 saturated heterocycles. The van der Waals surface area contributed by atoms with E-state index in [9.17, 15) is 4.79 Å². The fourth-order valence-electron chi connectivity index (χ4n) is 2.25. The van der Waals surface area contributed by atoms with E-state index in [0.29, 0.717) is 17.2 Å². The lowest BCUT2D eigenvalue weighted by Gasteiger charge is -2.14. The summed E-state index contributed by atoms with van der Waals surface area (Å²) in [6.07, 6.45) is 0. The number of nitrogens with two attached hydrogens (primary N) is 1. The van der Waals surface area contributed by atoms with Gasteiger partial charge in [-0.05, 0) is 48.2 Å². The first-order valence-corrected chi connectivity index (χ1v) is 6.75. The van der Waals surface area contributed by atoms with E-state index in [-0.39, 0.29) is 5.91 Å². The molecule has 0 bridgehead atoms. The van der Waals surface area contributed by atoms with Crippen LogP contribution in [0.4, 0.5) is 11.4 Å². The number of carbonyl (C=O) groups is 1. The van der Waals surface area contributed by atoms with E-state index in [0.717, 1.165) is 16.8 Å². The van der Waals surface area contributed by atoms with Crippen molar-refractivity contribution in [2.75, 3.05) is 11.1 Å². The Labute approximate surface area is 119 Å². The van der Waals surface area contributed by atoms with Gasteiger partial charge in [-0.25, -0.2) is 0 Å². The number of benzene rings is 2. The predicted octanol–water partition coefficient (Wildman–Crippen LogP) is 3.95. The standard InChI is InChI=1S/C17H20N2O/c1-11(2)14-6-4-5-7-16(14)19-17(20)15-9-8-13(18)10-12(15)3/h4-11H,18H2,1-3H3,(H,19,20). The van der Waals surface area contributed by atoms with Gasteiger partial charge in [0, 0.05) is 16.9 Å². The maximum atomic E-state index is 12.4. The molecule has 104 valence electrons. The Bertz CT molecular complexity index is 633. The quantitative estimate of drug-likeness (QED) is 0.828. The Morgan fingerprint density at radius 3 is 2.50 bits per heavy atom. The first-order chi connectivity index (χ1) is 9.49. The zero-order valence-electron chi connectivity index (χ0n) is 12.1. The predicted molar refractivity (Wildman–Crippen MR) is 84.1 cm³/mol. The van der Waals surface area contributed by atoms with Gasteiger partial charge in [-0.1, -0.05) is 32.0 Å². The molecule has 2 rings (SSSR count). The number of nitrogen functional groups attached to an aromatic ring is 1. The number of anilines is 2. The summed E-state index contributed by atoms with van der Waals surface area (Å²) >= 11 is 0. The first kappa shape index (κ1) is 14.1. The summed E-state index contributed by atoms with van der Waals surface area (Å²) in [6, 6.07) is 13.2. The molecule has 0 fully saturated rings. The molecule has 3 heteroatoms. The number of amides is 1. The van der Waals surface area contributed by atoms with Crippen LogP contribution < -0.4 is 11.1 Å². The summed E-state index contributed by atoms with van der Waals surface area (Å²) in [7, 11) is 0. The Morgan fingerprint density at radius 2 is 1.85 bits per heavy atom. The monoisotopic (exact) mass is 268 g/mol. The highest BCUT2D eigenvalue weighted by Crippen LogP contribution is 2.24. The fourth-order valence-corrected chi connectivity index (χ4v) is 2.25. The van der Waals surface area contributed by atoms with Crippen LogP contribution in [0.1, 0.15) is 41.3 Å². The first-order valence-electron chi connectivity index (χ1n) is 6.75. The molecule has 0 aromatic heterocycles. The molecule has 2 aromatic rings. The normalized spacial score (nSPS) is 10.6. The molecule has 0 aliphatic rings. The Morgan fingerprint density at radius 1 is 1.15 bits per heavy atom. The highest BCUT2D eigenvalue weighted by molar-refractivity contribution is 6.05. The van der Waals surface area contributed by atoms with E-state index in [1.54, 1.807) is 12.1 Å². The van der Waals surface area contributed by atoms with Gasteiger partial charge in [0.05, 0.1) is 0 Å². The second-order valence-corrected chi connectivity index (χ2v) is 5.27. The van der Waals surface area contributed by atoms with Crippen molar-refractivity contribution in [3.05, 3.63) is 59.2 Å². The molecule has 0 radical (unpaired) electrons. The van der Waals surface area contributed by atoms with Crippen LogP contribution in [-0.2, 0) is 0 Å². The summed E-state index contributed by atoms with van der Waals surface area (Å²) in [5.41, 5.74) is 9.91. The summed E-state index contributed by atoms with van der Waals surface area (Å²) in [6.45, 7) is 6.11. The lowest BCUT2D eigenvalue weighted by atomic mass is 10.0. The smallest absolute Gasteiger partial charge is 0.255 e. The number of carbonyl (C=O) groups excluding carboxylic acids is 1. The number of nitrogens with one attached hydrogen (secondary N) is 1. The topological polar surface area (TPSA) is 55.1 Å². The minimum absolute atomic E-state index is 0.101. The van der Waals surface area contributed by atoms with Gasteiger partial charge in [-0.2, -0.15) is 0 Å². The van der Waals surface area contributed by atoms with Crippen molar-refractivity contribution in [3.8, 4) is 0 Å². The number of rotatable bonds is 3. The van der Waals surface area contributed by atoms with Crippen LogP contribution in [0.5, 0.6) is 0 Å². The van der Waals surface area contributed by atoms with Crippen LogP contribution in [0.15, 0.2) is 42.5 Å². The molecule has 3 N–H and O–H groups in total. The molecular weight excluding hydrogens is 248 g/mol. The van der Waals surface area contributed by atoms with E-state index in [1.807, 2.05) is 37.3 Å². The van der Waals surface area contributed by atoms with Crippen molar-refractivity contribution in [3.63, 3.8) is 0 Å².